The van der Waals surface area contributed by atoms with Crippen LogP contribution in [0, 0.1) is 5.92 Å². The van der Waals surface area contributed by atoms with Crippen LogP contribution in [0.2, 0.25) is 0 Å². The summed E-state index contributed by atoms with van der Waals surface area (Å²) in [7, 11) is 1.87. The van der Waals surface area contributed by atoms with Crippen LogP contribution in [0.3, 0.4) is 0 Å². The summed E-state index contributed by atoms with van der Waals surface area (Å²) in [6.45, 7) is 10.1. The molecule has 2 saturated heterocycles. The molecule has 0 radical (unpaired) electrons. The molecule has 2 aliphatic heterocycles. The minimum atomic E-state index is 0. The van der Waals surface area contributed by atoms with Crippen LogP contribution >= 0.6 is 24.0 Å². The second-order valence-electron chi connectivity index (χ2n) is 7.95. The van der Waals surface area contributed by atoms with Crippen LogP contribution in [0.15, 0.2) is 35.3 Å². The number of benzene rings is 1. The molecule has 2 aliphatic rings. The summed E-state index contributed by atoms with van der Waals surface area (Å²) in [6.07, 6.45) is 3.27. The lowest BCUT2D eigenvalue weighted by atomic mass is 10.0. The third kappa shape index (κ3) is 9.93. The molecule has 0 atom stereocenters. The monoisotopic (exact) mass is 546 g/mol. The van der Waals surface area contributed by atoms with Crippen molar-refractivity contribution in [2.24, 2.45) is 10.9 Å². The smallest absolute Gasteiger partial charge is 0.193 e. The van der Waals surface area contributed by atoms with E-state index < -0.39 is 0 Å². The lowest BCUT2D eigenvalue weighted by molar-refractivity contribution is 0.0203. The van der Waals surface area contributed by atoms with Crippen molar-refractivity contribution < 1.29 is 14.2 Å². The first-order chi connectivity index (χ1) is 14.8. The van der Waals surface area contributed by atoms with Crippen molar-refractivity contribution in [3.8, 4) is 5.75 Å². The van der Waals surface area contributed by atoms with E-state index in [4.69, 9.17) is 14.2 Å². The maximum Gasteiger partial charge on any atom is 0.193 e. The van der Waals surface area contributed by atoms with Crippen molar-refractivity contribution in [1.82, 2.24) is 15.1 Å². The number of hydrogen-bond acceptors (Lipinski definition) is 5. The van der Waals surface area contributed by atoms with Gasteiger partial charge in [0.1, 0.15) is 12.4 Å². The fraction of sp³-hybridized carbons (Fsp3) is 0.696. The van der Waals surface area contributed by atoms with Gasteiger partial charge in [-0.05, 0) is 37.3 Å². The molecule has 1 aromatic carbocycles. The van der Waals surface area contributed by atoms with E-state index in [1.54, 1.807) is 0 Å². The first-order valence-corrected chi connectivity index (χ1v) is 11.4. The highest BCUT2D eigenvalue weighted by Gasteiger charge is 2.19. The van der Waals surface area contributed by atoms with E-state index in [0.29, 0.717) is 5.92 Å². The zero-order chi connectivity index (χ0) is 20.9. The van der Waals surface area contributed by atoms with Gasteiger partial charge in [0.25, 0.3) is 0 Å². The van der Waals surface area contributed by atoms with E-state index in [1.807, 2.05) is 37.4 Å². The summed E-state index contributed by atoms with van der Waals surface area (Å²) < 4.78 is 17.1. The van der Waals surface area contributed by atoms with Gasteiger partial charge in [-0.3, -0.25) is 9.89 Å². The quantitative estimate of drug-likeness (QED) is 0.211. The average molecular weight is 546 g/mol. The molecule has 0 saturated carbocycles. The molecule has 0 spiro atoms. The second-order valence-corrected chi connectivity index (χ2v) is 7.95. The summed E-state index contributed by atoms with van der Waals surface area (Å²) in [4.78, 5) is 9.26. The van der Waals surface area contributed by atoms with Gasteiger partial charge in [0.2, 0.25) is 0 Å². The molecule has 0 aliphatic carbocycles. The van der Waals surface area contributed by atoms with Gasteiger partial charge in [0, 0.05) is 72.7 Å². The van der Waals surface area contributed by atoms with Gasteiger partial charge in [-0.25, -0.2) is 0 Å². The first-order valence-electron chi connectivity index (χ1n) is 11.4. The van der Waals surface area contributed by atoms with E-state index in [1.165, 1.54) is 0 Å². The molecule has 8 heteroatoms. The number of nitrogens with zero attached hydrogens (tertiary/aromatic N) is 3. The van der Waals surface area contributed by atoms with Crippen molar-refractivity contribution >= 4 is 29.9 Å². The van der Waals surface area contributed by atoms with E-state index in [9.17, 15) is 0 Å². The van der Waals surface area contributed by atoms with Crippen LogP contribution in [-0.4, -0.2) is 95.1 Å². The number of guanidine groups is 1. The van der Waals surface area contributed by atoms with Gasteiger partial charge in [-0.2, -0.15) is 0 Å². The number of para-hydroxylation sites is 1. The van der Waals surface area contributed by atoms with Crippen molar-refractivity contribution in [2.75, 3.05) is 79.4 Å². The summed E-state index contributed by atoms with van der Waals surface area (Å²) in [5.41, 5.74) is 0. The summed E-state index contributed by atoms with van der Waals surface area (Å²) in [5.74, 6) is 2.62. The molecular formula is C23H39IN4O3. The number of hydrogen-bond donors (Lipinski definition) is 1. The molecule has 1 N–H and O–H groups in total. The Morgan fingerprint density at radius 3 is 2.55 bits per heavy atom. The van der Waals surface area contributed by atoms with Gasteiger partial charge in [-0.15, -0.1) is 24.0 Å². The number of rotatable bonds is 10. The zero-order valence-electron chi connectivity index (χ0n) is 18.8. The van der Waals surface area contributed by atoms with E-state index in [-0.39, 0.29) is 24.0 Å². The average Bonchev–Trinajstić information content (AvgIpc) is 2.81. The van der Waals surface area contributed by atoms with Crippen LogP contribution in [-0.2, 0) is 9.47 Å². The van der Waals surface area contributed by atoms with Crippen molar-refractivity contribution in [1.29, 1.82) is 0 Å². The summed E-state index contributed by atoms with van der Waals surface area (Å²) in [6, 6.07) is 10.0. The van der Waals surface area contributed by atoms with Crippen LogP contribution < -0.4 is 10.1 Å². The Hall–Kier alpha value is -1.10. The normalized spacial score (nSPS) is 18.5. The first kappa shape index (κ1) is 26.2. The maximum absolute atomic E-state index is 5.85. The molecule has 0 unspecified atom stereocenters. The summed E-state index contributed by atoms with van der Waals surface area (Å²) >= 11 is 0. The lowest BCUT2D eigenvalue weighted by Gasteiger charge is -2.36. The Morgan fingerprint density at radius 1 is 1.10 bits per heavy atom. The number of nitrogens with one attached hydrogen (secondary N) is 1. The van der Waals surface area contributed by atoms with E-state index >= 15 is 0 Å². The molecule has 0 bridgehead atoms. The molecule has 3 rings (SSSR count). The van der Waals surface area contributed by atoms with Crippen LogP contribution in [0.1, 0.15) is 19.3 Å². The number of piperazine rings is 1. The van der Waals surface area contributed by atoms with Crippen molar-refractivity contribution in [2.45, 2.75) is 19.3 Å². The predicted octanol–water partition coefficient (Wildman–Crippen LogP) is 2.71. The lowest BCUT2D eigenvalue weighted by Crippen LogP contribution is -2.53. The Balaban J connectivity index is 0.00000341. The van der Waals surface area contributed by atoms with Gasteiger partial charge in [0.15, 0.2) is 5.96 Å². The highest BCUT2D eigenvalue weighted by atomic mass is 127. The molecule has 31 heavy (non-hydrogen) atoms. The van der Waals surface area contributed by atoms with Crippen LogP contribution in [0.4, 0.5) is 0 Å². The predicted molar refractivity (Wildman–Crippen MR) is 136 cm³/mol. The fourth-order valence-electron chi connectivity index (χ4n) is 3.86. The standard InChI is InChI=1S/C23H38N4O3.HI/c1-24-23(25-10-5-16-29-20-21-8-17-28-18-9-21)27-13-11-26(12-14-27)15-19-30-22-6-3-2-4-7-22;/h2-4,6-7,21H,5,8-20H2,1H3,(H,24,25);1H. The van der Waals surface area contributed by atoms with Crippen molar-refractivity contribution in [3.05, 3.63) is 30.3 Å². The highest BCUT2D eigenvalue weighted by molar-refractivity contribution is 14.0. The summed E-state index contributed by atoms with van der Waals surface area (Å²) in [5, 5.41) is 3.49. The van der Waals surface area contributed by atoms with Crippen molar-refractivity contribution in [3.63, 3.8) is 0 Å². The van der Waals surface area contributed by atoms with Gasteiger partial charge in [-0.1, -0.05) is 18.2 Å². The Morgan fingerprint density at radius 2 is 1.84 bits per heavy atom. The van der Waals surface area contributed by atoms with E-state index in [2.05, 4.69) is 20.1 Å². The second kappa shape index (κ2) is 15.7. The van der Waals surface area contributed by atoms with E-state index in [0.717, 1.165) is 103 Å². The largest absolute Gasteiger partial charge is 0.492 e. The van der Waals surface area contributed by atoms with Gasteiger partial charge >= 0.3 is 0 Å². The molecule has 0 aromatic heterocycles. The van der Waals surface area contributed by atoms with Gasteiger partial charge in [0.05, 0.1) is 0 Å². The Kier molecular flexibility index (Phi) is 13.2. The SMILES string of the molecule is CN=C(NCCCOCC1CCOCC1)N1CCN(CCOc2ccccc2)CC1.I. The number of halogens is 1. The maximum atomic E-state index is 5.85. The van der Waals surface area contributed by atoms with Crippen LogP contribution in [0.5, 0.6) is 5.75 Å². The van der Waals surface area contributed by atoms with Crippen LogP contribution in [0.25, 0.3) is 0 Å². The molecule has 2 fully saturated rings. The minimum Gasteiger partial charge on any atom is -0.492 e. The third-order valence-corrected chi connectivity index (χ3v) is 5.75. The molecular weight excluding hydrogens is 507 g/mol. The highest BCUT2D eigenvalue weighted by Crippen LogP contribution is 2.14. The Labute approximate surface area is 204 Å². The Bertz CT molecular complexity index is 606. The number of ether oxygens (including phenoxy) is 3. The van der Waals surface area contributed by atoms with Gasteiger partial charge < -0.3 is 24.4 Å². The fourth-order valence-corrected chi connectivity index (χ4v) is 3.86. The third-order valence-electron chi connectivity index (χ3n) is 5.75. The zero-order valence-corrected chi connectivity index (χ0v) is 21.2. The molecule has 7 nitrogen and oxygen atoms in total. The topological polar surface area (TPSA) is 58.6 Å². The molecule has 1 aromatic rings. The molecule has 2 heterocycles. The number of aliphatic imine (C=N–C) groups is 1. The minimum absolute atomic E-state index is 0. The molecule has 176 valence electrons. The molecule has 0 amide bonds.